The van der Waals surface area contributed by atoms with Crippen LogP contribution in [-0.4, -0.2) is 0 Å². The van der Waals surface area contributed by atoms with Crippen molar-refractivity contribution in [3.63, 3.8) is 0 Å². The van der Waals surface area contributed by atoms with Gasteiger partial charge >= 0.3 is 0 Å². The molecule has 0 radical (unpaired) electrons. The van der Waals surface area contributed by atoms with Crippen molar-refractivity contribution in [2.75, 3.05) is 0 Å². The van der Waals surface area contributed by atoms with Crippen LogP contribution in [0.2, 0.25) is 0 Å². The number of rotatable bonds is 3. The molecule has 0 heteroatoms. The Morgan fingerprint density at radius 2 is 2.42 bits per heavy atom. The van der Waals surface area contributed by atoms with Crippen LogP contribution in [0, 0.1) is 5.92 Å². The van der Waals surface area contributed by atoms with Crippen LogP contribution in [0.25, 0.3) is 0 Å². The zero-order valence-corrected chi connectivity index (χ0v) is 8.09. The Hall–Kier alpha value is -0.780. The highest BCUT2D eigenvalue weighted by Crippen LogP contribution is 2.14. The van der Waals surface area contributed by atoms with E-state index in [1.54, 1.807) is 0 Å². The largest absolute Gasteiger partial charge is 0.0842 e. The highest BCUT2D eigenvalue weighted by atomic mass is 14.0. The number of hydrogen-bond acceptors (Lipinski definition) is 0. The lowest BCUT2D eigenvalue weighted by atomic mass is 10.0. The molecule has 1 aliphatic rings. The van der Waals surface area contributed by atoms with Gasteiger partial charge in [-0.1, -0.05) is 50.6 Å². The fraction of sp³-hybridized carbons (Fsp3) is 0.500. The van der Waals surface area contributed by atoms with Gasteiger partial charge in [-0.05, 0) is 24.3 Å². The van der Waals surface area contributed by atoms with Crippen LogP contribution in [0.4, 0.5) is 0 Å². The number of hydrogen-bond donors (Lipinski definition) is 0. The molecule has 0 aliphatic heterocycles. The van der Waals surface area contributed by atoms with Gasteiger partial charge in [-0.3, -0.25) is 0 Å². The Labute approximate surface area is 75.7 Å². The lowest BCUT2D eigenvalue weighted by Crippen LogP contribution is -1.87. The van der Waals surface area contributed by atoms with E-state index in [0.29, 0.717) is 0 Å². The van der Waals surface area contributed by atoms with Crippen molar-refractivity contribution in [3.05, 3.63) is 36.0 Å². The predicted molar refractivity (Wildman–Crippen MR) is 55.1 cm³/mol. The molecule has 0 spiro atoms. The Bertz CT molecular complexity index is 206. The van der Waals surface area contributed by atoms with Crippen LogP contribution in [0.1, 0.15) is 33.1 Å². The summed E-state index contributed by atoms with van der Waals surface area (Å²) in [5, 5.41) is 0. The molecule has 0 saturated carbocycles. The lowest BCUT2D eigenvalue weighted by molar-refractivity contribution is 0.697. The first-order valence-electron chi connectivity index (χ1n) is 4.87. The summed E-state index contributed by atoms with van der Waals surface area (Å²) in [5.74, 6) is 0.719. The fourth-order valence-electron chi connectivity index (χ4n) is 1.18. The number of allylic oxidation sites excluding steroid dienone is 6. The average molecular weight is 162 g/mol. The van der Waals surface area contributed by atoms with Crippen molar-refractivity contribution in [1.29, 1.82) is 0 Å². The van der Waals surface area contributed by atoms with Crippen LogP contribution < -0.4 is 0 Å². The van der Waals surface area contributed by atoms with E-state index in [9.17, 15) is 0 Å². The first-order valence-corrected chi connectivity index (χ1v) is 4.87. The molecule has 0 amide bonds. The average Bonchev–Trinajstić information content (AvgIpc) is 2.16. The molecule has 1 rings (SSSR count). The maximum absolute atomic E-state index is 2.31. The molecular formula is C12H18. The van der Waals surface area contributed by atoms with Gasteiger partial charge in [0.2, 0.25) is 0 Å². The molecule has 0 saturated heterocycles. The van der Waals surface area contributed by atoms with E-state index >= 15 is 0 Å². The van der Waals surface area contributed by atoms with Crippen molar-refractivity contribution in [3.8, 4) is 0 Å². The van der Waals surface area contributed by atoms with Crippen LogP contribution in [-0.2, 0) is 0 Å². The van der Waals surface area contributed by atoms with E-state index in [1.165, 1.54) is 24.8 Å². The first kappa shape index (κ1) is 9.31. The second-order valence-corrected chi connectivity index (χ2v) is 3.45. The molecule has 0 aromatic heterocycles. The summed E-state index contributed by atoms with van der Waals surface area (Å²) in [5.41, 5.74) is 1.47. The standard InChI is InChI=1S/C12H18/c1-3-11(2)9-10-12-7-5-4-6-8-12/h4-5,7,9-11H,3,6,8H2,1-2H3. The van der Waals surface area contributed by atoms with Gasteiger partial charge < -0.3 is 0 Å². The Morgan fingerprint density at radius 1 is 1.58 bits per heavy atom. The smallest absolute Gasteiger partial charge is 0.0244 e. The normalized spacial score (nSPS) is 19.7. The second-order valence-electron chi connectivity index (χ2n) is 3.45. The van der Waals surface area contributed by atoms with Gasteiger partial charge in [-0.2, -0.15) is 0 Å². The van der Waals surface area contributed by atoms with Gasteiger partial charge in [-0.25, -0.2) is 0 Å². The fourth-order valence-corrected chi connectivity index (χ4v) is 1.18. The van der Waals surface area contributed by atoms with Gasteiger partial charge in [0.05, 0.1) is 0 Å². The summed E-state index contributed by atoms with van der Waals surface area (Å²) < 4.78 is 0. The zero-order chi connectivity index (χ0) is 8.81. The molecule has 1 atom stereocenters. The molecule has 0 heterocycles. The van der Waals surface area contributed by atoms with E-state index in [0.717, 1.165) is 5.92 Å². The van der Waals surface area contributed by atoms with Gasteiger partial charge in [-0.15, -0.1) is 0 Å². The summed E-state index contributed by atoms with van der Waals surface area (Å²) in [6.45, 7) is 4.49. The Balaban J connectivity index is 2.44. The van der Waals surface area contributed by atoms with Crippen molar-refractivity contribution < 1.29 is 0 Å². The van der Waals surface area contributed by atoms with E-state index < -0.39 is 0 Å². The van der Waals surface area contributed by atoms with Crippen molar-refractivity contribution in [2.24, 2.45) is 5.92 Å². The molecular weight excluding hydrogens is 144 g/mol. The van der Waals surface area contributed by atoms with Gasteiger partial charge in [0.1, 0.15) is 0 Å². The molecule has 1 aliphatic carbocycles. The minimum Gasteiger partial charge on any atom is -0.0842 e. The monoisotopic (exact) mass is 162 g/mol. The maximum atomic E-state index is 2.31. The molecule has 1 unspecified atom stereocenters. The van der Waals surface area contributed by atoms with Crippen LogP contribution in [0.3, 0.4) is 0 Å². The highest BCUT2D eigenvalue weighted by molar-refractivity contribution is 5.27. The van der Waals surface area contributed by atoms with Gasteiger partial charge in [0, 0.05) is 0 Å². The molecule has 0 N–H and O–H groups in total. The maximum Gasteiger partial charge on any atom is -0.0244 e. The summed E-state index contributed by atoms with van der Waals surface area (Å²) in [7, 11) is 0. The van der Waals surface area contributed by atoms with Crippen LogP contribution >= 0.6 is 0 Å². The molecule has 0 nitrogen and oxygen atoms in total. The third-order valence-electron chi connectivity index (χ3n) is 2.33. The Kier molecular flexibility index (Phi) is 3.86. The molecule has 0 aromatic rings. The Morgan fingerprint density at radius 3 is 3.00 bits per heavy atom. The minimum atomic E-state index is 0.719. The van der Waals surface area contributed by atoms with Crippen molar-refractivity contribution >= 4 is 0 Å². The highest BCUT2D eigenvalue weighted by Gasteiger charge is 1.95. The second kappa shape index (κ2) is 4.97. The molecule has 0 fully saturated rings. The van der Waals surface area contributed by atoms with E-state index in [-0.39, 0.29) is 0 Å². The molecule has 12 heavy (non-hydrogen) atoms. The van der Waals surface area contributed by atoms with E-state index in [4.69, 9.17) is 0 Å². The predicted octanol–water partition coefficient (Wildman–Crippen LogP) is 3.87. The third-order valence-corrected chi connectivity index (χ3v) is 2.33. The molecule has 0 bridgehead atoms. The van der Waals surface area contributed by atoms with Gasteiger partial charge in [0.15, 0.2) is 0 Å². The molecule has 66 valence electrons. The topological polar surface area (TPSA) is 0 Å². The minimum absolute atomic E-state index is 0.719. The van der Waals surface area contributed by atoms with E-state index in [2.05, 4.69) is 44.2 Å². The summed E-state index contributed by atoms with van der Waals surface area (Å²) in [4.78, 5) is 0. The first-order chi connectivity index (χ1) is 5.83. The quantitative estimate of drug-likeness (QED) is 0.591. The van der Waals surface area contributed by atoms with Crippen LogP contribution in [0.15, 0.2) is 36.0 Å². The van der Waals surface area contributed by atoms with Crippen LogP contribution in [0.5, 0.6) is 0 Å². The van der Waals surface area contributed by atoms with E-state index in [1.807, 2.05) is 0 Å². The summed E-state index contributed by atoms with van der Waals surface area (Å²) in [6, 6.07) is 0. The summed E-state index contributed by atoms with van der Waals surface area (Å²) >= 11 is 0. The molecule has 0 aromatic carbocycles. The zero-order valence-electron chi connectivity index (χ0n) is 8.09. The van der Waals surface area contributed by atoms with Crippen molar-refractivity contribution in [1.82, 2.24) is 0 Å². The third kappa shape index (κ3) is 3.08. The summed E-state index contributed by atoms with van der Waals surface area (Å²) in [6.07, 6.45) is 14.8. The lowest BCUT2D eigenvalue weighted by Gasteiger charge is -2.04. The van der Waals surface area contributed by atoms with Crippen molar-refractivity contribution in [2.45, 2.75) is 33.1 Å². The van der Waals surface area contributed by atoms with Gasteiger partial charge in [0.25, 0.3) is 0 Å². The SMILES string of the molecule is CCC(C)C=CC1=CC=CCC1.